The lowest BCUT2D eigenvalue weighted by Gasteiger charge is -2.25. The molecule has 1 heterocycles. The van der Waals surface area contributed by atoms with Crippen molar-refractivity contribution in [2.45, 2.75) is 61.9 Å². The Morgan fingerprint density at radius 2 is 1.70 bits per heavy atom. The lowest BCUT2D eigenvalue weighted by molar-refractivity contribution is 0.101. The van der Waals surface area contributed by atoms with Gasteiger partial charge in [0.05, 0.1) is 5.56 Å². The highest BCUT2D eigenvalue weighted by Crippen LogP contribution is 2.28. The molecule has 0 aliphatic heterocycles. The van der Waals surface area contributed by atoms with Crippen LogP contribution in [0.3, 0.4) is 0 Å². The summed E-state index contributed by atoms with van der Waals surface area (Å²) in [6.45, 7) is 18.7. The number of carbonyl (C=O) groups excluding carboxylic acids is 1. The van der Waals surface area contributed by atoms with Crippen LogP contribution in [0.1, 0.15) is 64.5 Å². The average Bonchev–Trinajstić information content (AvgIpc) is 2.50. The third-order valence-electron chi connectivity index (χ3n) is 3.10. The molecule has 114 valence electrons. The predicted molar refractivity (Wildman–Crippen MR) is 86.6 cm³/mol. The SMILES string of the molecule is CC(=O)c1cc(C)n(CC(C)(C)C)c1NCC(C)(C)C. The number of rotatable bonds is 4. The van der Waals surface area contributed by atoms with Gasteiger partial charge in [0.25, 0.3) is 0 Å². The molecule has 3 nitrogen and oxygen atoms in total. The van der Waals surface area contributed by atoms with Crippen LogP contribution in [0, 0.1) is 17.8 Å². The van der Waals surface area contributed by atoms with E-state index < -0.39 is 0 Å². The first-order chi connectivity index (χ1) is 8.91. The molecule has 3 heteroatoms. The lowest BCUT2D eigenvalue weighted by atomic mass is 9.96. The molecule has 0 fully saturated rings. The molecular formula is C17H30N2O. The number of nitrogens with one attached hydrogen (secondary N) is 1. The molecule has 1 rings (SSSR count). The molecule has 0 aromatic carbocycles. The van der Waals surface area contributed by atoms with Gasteiger partial charge in [0.1, 0.15) is 5.82 Å². The maximum atomic E-state index is 11.9. The molecule has 20 heavy (non-hydrogen) atoms. The van der Waals surface area contributed by atoms with Crippen LogP contribution in [0.4, 0.5) is 5.82 Å². The van der Waals surface area contributed by atoms with Gasteiger partial charge in [-0.2, -0.15) is 0 Å². The number of hydrogen-bond acceptors (Lipinski definition) is 2. The minimum atomic E-state index is 0.122. The third-order valence-corrected chi connectivity index (χ3v) is 3.10. The Morgan fingerprint density at radius 3 is 2.10 bits per heavy atom. The Labute approximate surface area is 123 Å². The topological polar surface area (TPSA) is 34.0 Å². The number of nitrogens with zero attached hydrogens (tertiary/aromatic N) is 1. The van der Waals surface area contributed by atoms with Crippen LogP contribution in [-0.4, -0.2) is 16.9 Å². The largest absolute Gasteiger partial charge is 0.370 e. The number of anilines is 1. The molecule has 0 aliphatic carbocycles. The Bertz CT molecular complexity index is 484. The highest BCUT2D eigenvalue weighted by Gasteiger charge is 2.21. The van der Waals surface area contributed by atoms with Crippen LogP contribution in [0.2, 0.25) is 0 Å². The van der Waals surface area contributed by atoms with E-state index in [0.29, 0.717) is 0 Å². The summed E-state index contributed by atoms with van der Waals surface area (Å²) in [5.41, 5.74) is 2.30. The summed E-state index contributed by atoms with van der Waals surface area (Å²) in [6.07, 6.45) is 0. The number of ketones is 1. The van der Waals surface area contributed by atoms with Crippen LogP contribution in [0.15, 0.2) is 6.07 Å². The number of aromatic nitrogens is 1. The van der Waals surface area contributed by atoms with E-state index in [1.807, 2.05) is 6.07 Å². The van der Waals surface area contributed by atoms with E-state index in [-0.39, 0.29) is 16.6 Å². The molecule has 0 bridgehead atoms. The molecule has 0 amide bonds. The van der Waals surface area contributed by atoms with Gasteiger partial charge in [-0.25, -0.2) is 0 Å². The monoisotopic (exact) mass is 278 g/mol. The first-order valence-corrected chi connectivity index (χ1v) is 7.36. The van der Waals surface area contributed by atoms with E-state index in [4.69, 9.17) is 0 Å². The van der Waals surface area contributed by atoms with Gasteiger partial charge >= 0.3 is 0 Å². The van der Waals surface area contributed by atoms with Gasteiger partial charge in [0.15, 0.2) is 5.78 Å². The first kappa shape index (κ1) is 16.8. The normalized spacial score (nSPS) is 12.6. The molecule has 0 saturated carbocycles. The van der Waals surface area contributed by atoms with E-state index in [1.165, 1.54) is 0 Å². The Morgan fingerprint density at radius 1 is 1.15 bits per heavy atom. The molecule has 0 aliphatic rings. The lowest BCUT2D eigenvalue weighted by Crippen LogP contribution is -2.24. The van der Waals surface area contributed by atoms with E-state index in [2.05, 4.69) is 58.4 Å². The molecule has 1 aromatic heterocycles. The smallest absolute Gasteiger partial charge is 0.163 e. The predicted octanol–water partition coefficient (Wildman–Crippen LogP) is 4.50. The van der Waals surface area contributed by atoms with Gasteiger partial charge < -0.3 is 9.88 Å². The number of Topliss-reactive ketones (excluding diaryl/α,β-unsaturated/α-hetero) is 1. The highest BCUT2D eigenvalue weighted by molar-refractivity contribution is 5.99. The van der Waals surface area contributed by atoms with Gasteiger partial charge in [0, 0.05) is 18.8 Å². The van der Waals surface area contributed by atoms with Crippen molar-refractivity contribution < 1.29 is 4.79 Å². The van der Waals surface area contributed by atoms with Crippen molar-refractivity contribution in [3.05, 3.63) is 17.3 Å². The molecule has 0 atom stereocenters. The van der Waals surface area contributed by atoms with E-state index in [1.54, 1.807) is 6.92 Å². The number of aryl methyl sites for hydroxylation is 1. The fraction of sp³-hybridized carbons (Fsp3) is 0.706. The minimum Gasteiger partial charge on any atom is -0.370 e. The van der Waals surface area contributed by atoms with Gasteiger partial charge in [0.2, 0.25) is 0 Å². The summed E-state index contributed by atoms with van der Waals surface area (Å²) in [7, 11) is 0. The van der Waals surface area contributed by atoms with Crippen molar-refractivity contribution in [1.82, 2.24) is 4.57 Å². The van der Waals surface area contributed by atoms with E-state index >= 15 is 0 Å². The number of carbonyl (C=O) groups is 1. The fourth-order valence-electron chi connectivity index (χ4n) is 2.16. The minimum absolute atomic E-state index is 0.122. The maximum Gasteiger partial charge on any atom is 0.163 e. The van der Waals surface area contributed by atoms with Gasteiger partial charge in [-0.3, -0.25) is 4.79 Å². The molecule has 0 unspecified atom stereocenters. The van der Waals surface area contributed by atoms with Gasteiger partial charge in [-0.05, 0) is 30.7 Å². The van der Waals surface area contributed by atoms with Crippen molar-refractivity contribution in [2.75, 3.05) is 11.9 Å². The second-order valence-electron chi connectivity index (χ2n) is 8.17. The van der Waals surface area contributed by atoms with Crippen molar-refractivity contribution in [3.63, 3.8) is 0 Å². The standard InChI is InChI=1S/C17H30N2O/c1-12-9-14(13(2)20)15(18-10-16(3,4)5)19(12)11-17(6,7)8/h9,18H,10-11H2,1-8H3. The number of hydrogen-bond donors (Lipinski definition) is 1. The summed E-state index contributed by atoms with van der Waals surface area (Å²) in [6, 6.07) is 2.00. The van der Waals surface area contributed by atoms with Crippen LogP contribution in [-0.2, 0) is 6.54 Å². The first-order valence-electron chi connectivity index (χ1n) is 7.36. The average molecular weight is 278 g/mol. The molecular weight excluding hydrogens is 248 g/mol. The maximum absolute atomic E-state index is 11.9. The van der Waals surface area contributed by atoms with Gasteiger partial charge in [-0.1, -0.05) is 41.5 Å². The van der Waals surface area contributed by atoms with E-state index in [0.717, 1.165) is 30.2 Å². The zero-order chi connectivity index (χ0) is 15.7. The highest BCUT2D eigenvalue weighted by atomic mass is 16.1. The van der Waals surface area contributed by atoms with Crippen LogP contribution < -0.4 is 5.32 Å². The Balaban J connectivity index is 3.18. The van der Waals surface area contributed by atoms with Gasteiger partial charge in [-0.15, -0.1) is 0 Å². The Kier molecular flexibility index (Phi) is 4.73. The third kappa shape index (κ3) is 4.69. The second kappa shape index (κ2) is 5.63. The van der Waals surface area contributed by atoms with Crippen LogP contribution >= 0.6 is 0 Å². The molecule has 0 spiro atoms. The zero-order valence-electron chi connectivity index (χ0n) is 14.3. The second-order valence-corrected chi connectivity index (χ2v) is 8.17. The molecule has 0 saturated heterocycles. The van der Waals surface area contributed by atoms with Crippen LogP contribution in [0.25, 0.3) is 0 Å². The summed E-state index contributed by atoms with van der Waals surface area (Å²) in [4.78, 5) is 11.9. The summed E-state index contributed by atoms with van der Waals surface area (Å²) < 4.78 is 2.24. The van der Waals surface area contributed by atoms with E-state index in [9.17, 15) is 4.79 Å². The summed E-state index contributed by atoms with van der Waals surface area (Å²) >= 11 is 0. The van der Waals surface area contributed by atoms with Crippen molar-refractivity contribution in [3.8, 4) is 0 Å². The quantitative estimate of drug-likeness (QED) is 0.823. The van der Waals surface area contributed by atoms with Crippen molar-refractivity contribution >= 4 is 11.6 Å². The van der Waals surface area contributed by atoms with Crippen LogP contribution in [0.5, 0.6) is 0 Å². The summed E-state index contributed by atoms with van der Waals surface area (Å²) in [5.74, 6) is 1.09. The van der Waals surface area contributed by atoms with Crippen molar-refractivity contribution in [1.29, 1.82) is 0 Å². The Hall–Kier alpha value is -1.25. The zero-order valence-corrected chi connectivity index (χ0v) is 14.3. The van der Waals surface area contributed by atoms with Crippen molar-refractivity contribution in [2.24, 2.45) is 10.8 Å². The summed E-state index contributed by atoms with van der Waals surface area (Å²) in [5, 5.41) is 3.49. The molecule has 0 radical (unpaired) electrons. The fourth-order valence-corrected chi connectivity index (χ4v) is 2.16. The molecule has 1 aromatic rings. The molecule has 1 N–H and O–H groups in total.